The average molecular weight is 222 g/mol. The molecule has 0 aliphatic rings. The lowest BCUT2D eigenvalue weighted by atomic mass is 10.0. The van der Waals surface area contributed by atoms with Crippen molar-refractivity contribution in [1.82, 2.24) is 0 Å². The molecule has 3 heteroatoms. The number of alkyl halides is 1. The number of hydrogen-bond acceptors (Lipinski definition) is 2. The van der Waals surface area contributed by atoms with Crippen molar-refractivity contribution in [3.8, 4) is 6.07 Å². The SMILES string of the molecule is N#Cc1cccc(CC(=O)CCCCl)c1. The van der Waals surface area contributed by atoms with Gasteiger partial charge in [-0.05, 0) is 24.1 Å². The number of carbonyl (C=O) groups excluding carboxylic acids is 1. The number of nitrogens with zero attached hydrogens (tertiary/aromatic N) is 1. The largest absolute Gasteiger partial charge is 0.299 e. The third-order valence-corrected chi connectivity index (χ3v) is 2.31. The van der Waals surface area contributed by atoms with Crippen LogP contribution in [0.5, 0.6) is 0 Å². The molecule has 0 saturated carbocycles. The molecule has 0 aliphatic heterocycles. The Labute approximate surface area is 94.5 Å². The number of carbonyl (C=O) groups is 1. The van der Waals surface area contributed by atoms with E-state index in [0.717, 1.165) is 12.0 Å². The van der Waals surface area contributed by atoms with E-state index in [1.54, 1.807) is 18.2 Å². The lowest BCUT2D eigenvalue weighted by molar-refractivity contribution is -0.118. The zero-order valence-electron chi connectivity index (χ0n) is 8.37. The van der Waals surface area contributed by atoms with Crippen molar-refractivity contribution in [2.75, 3.05) is 5.88 Å². The Morgan fingerprint density at radius 2 is 2.27 bits per heavy atom. The number of benzene rings is 1. The summed E-state index contributed by atoms with van der Waals surface area (Å²) in [5.41, 5.74) is 1.49. The van der Waals surface area contributed by atoms with E-state index in [9.17, 15) is 4.79 Å². The molecule has 0 bridgehead atoms. The molecule has 78 valence electrons. The first-order valence-electron chi connectivity index (χ1n) is 4.83. The summed E-state index contributed by atoms with van der Waals surface area (Å²) in [6.45, 7) is 0. The minimum Gasteiger partial charge on any atom is -0.299 e. The zero-order valence-corrected chi connectivity index (χ0v) is 9.13. The van der Waals surface area contributed by atoms with Crippen molar-refractivity contribution >= 4 is 17.4 Å². The van der Waals surface area contributed by atoms with E-state index >= 15 is 0 Å². The number of hydrogen-bond donors (Lipinski definition) is 0. The van der Waals surface area contributed by atoms with Crippen LogP contribution in [0.2, 0.25) is 0 Å². The van der Waals surface area contributed by atoms with Crippen LogP contribution >= 0.6 is 11.6 Å². The molecule has 0 radical (unpaired) electrons. The van der Waals surface area contributed by atoms with Gasteiger partial charge in [-0.3, -0.25) is 4.79 Å². The monoisotopic (exact) mass is 221 g/mol. The second kappa shape index (κ2) is 6.21. The predicted molar refractivity (Wildman–Crippen MR) is 59.8 cm³/mol. The Hall–Kier alpha value is -1.33. The number of rotatable bonds is 5. The Morgan fingerprint density at radius 1 is 1.47 bits per heavy atom. The summed E-state index contributed by atoms with van der Waals surface area (Å²) in [5.74, 6) is 0.690. The van der Waals surface area contributed by atoms with Crippen LogP contribution in [-0.2, 0) is 11.2 Å². The summed E-state index contributed by atoms with van der Waals surface area (Å²) in [7, 11) is 0. The van der Waals surface area contributed by atoms with Crippen LogP contribution in [0.4, 0.5) is 0 Å². The van der Waals surface area contributed by atoms with Crippen LogP contribution in [0.3, 0.4) is 0 Å². The third kappa shape index (κ3) is 4.14. The molecule has 0 saturated heterocycles. The molecule has 1 aromatic carbocycles. The summed E-state index contributed by atoms with van der Waals surface area (Å²) < 4.78 is 0. The maximum Gasteiger partial charge on any atom is 0.137 e. The third-order valence-electron chi connectivity index (χ3n) is 2.05. The van der Waals surface area contributed by atoms with Gasteiger partial charge in [0.15, 0.2) is 0 Å². The second-order valence-electron chi connectivity index (χ2n) is 3.32. The first-order valence-corrected chi connectivity index (χ1v) is 5.36. The molecule has 0 amide bonds. The molecule has 15 heavy (non-hydrogen) atoms. The van der Waals surface area contributed by atoms with E-state index in [1.807, 2.05) is 6.07 Å². The maximum atomic E-state index is 11.4. The van der Waals surface area contributed by atoms with E-state index < -0.39 is 0 Å². The number of halogens is 1. The van der Waals surface area contributed by atoms with Gasteiger partial charge in [0, 0.05) is 18.7 Å². The Kier molecular flexibility index (Phi) is 4.86. The molecule has 0 N–H and O–H groups in total. The highest BCUT2D eigenvalue weighted by molar-refractivity contribution is 6.17. The summed E-state index contributed by atoms with van der Waals surface area (Å²) in [4.78, 5) is 11.4. The highest BCUT2D eigenvalue weighted by atomic mass is 35.5. The molecule has 0 unspecified atom stereocenters. The van der Waals surface area contributed by atoms with E-state index in [1.165, 1.54) is 0 Å². The zero-order chi connectivity index (χ0) is 11.1. The number of Topliss-reactive ketones (excluding diaryl/α,β-unsaturated/α-hetero) is 1. The van der Waals surface area contributed by atoms with Crippen LogP contribution in [0.15, 0.2) is 24.3 Å². The standard InChI is InChI=1S/C12H12ClNO/c13-6-2-5-12(15)8-10-3-1-4-11(7-10)9-14/h1,3-4,7H,2,5-6,8H2. The van der Waals surface area contributed by atoms with Gasteiger partial charge in [0.2, 0.25) is 0 Å². The average Bonchev–Trinajstić information content (AvgIpc) is 2.26. The van der Waals surface area contributed by atoms with Crippen LogP contribution in [0.25, 0.3) is 0 Å². The summed E-state index contributed by atoms with van der Waals surface area (Å²) in [6.07, 6.45) is 1.63. The van der Waals surface area contributed by atoms with Crippen molar-refractivity contribution in [3.05, 3.63) is 35.4 Å². The minimum atomic E-state index is 0.172. The Bertz CT molecular complexity index is 381. The van der Waals surface area contributed by atoms with E-state index in [0.29, 0.717) is 24.3 Å². The van der Waals surface area contributed by atoms with Gasteiger partial charge in [-0.1, -0.05) is 12.1 Å². The highest BCUT2D eigenvalue weighted by Gasteiger charge is 2.03. The Morgan fingerprint density at radius 3 is 2.93 bits per heavy atom. The fourth-order valence-electron chi connectivity index (χ4n) is 1.33. The first-order chi connectivity index (χ1) is 7.26. The summed E-state index contributed by atoms with van der Waals surface area (Å²) >= 11 is 5.50. The van der Waals surface area contributed by atoms with Gasteiger partial charge in [-0.2, -0.15) is 5.26 Å². The van der Waals surface area contributed by atoms with Gasteiger partial charge in [-0.25, -0.2) is 0 Å². The van der Waals surface area contributed by atoms with Gasteiger partial charge in [0.25, 0.3) is 0 Å². The first kappa shape index (κ1) is 11.7. The molecule has 0 spiro atoms. The van der Waals surface area contributed by atoms with E-state index in [-0.39, 0.29) is 5.78 Å². The molecule has 0 atom stereocenters. The van der Waals surface area contributed by atoms with Gasteiger partial charge in [-0.15, -0.1) is 11.6 Å². The van der Waals surface area contributed by atoms with Gasteiger partial charge >= 0.3 is 0 Å². The fourth-order valence-corrected chi connectivity index (χ4v) is 1.46. The highest BCUT2D eigenvalue weighted by Crippen LogP contribution is 2.07. The molecule has 0 heterocycles. The molecular formula is C12H12ClNO. The summed E-state index contributed by atoms with van der Waals surface area (Å²) in [5, 5.41) is 8.69. The molecular weight excluding hydrogens is 210 g/mol. The van der Waals surface area contributed by atoms with Crippen LogP contribution in [0.1, 0.15) is 24.0 Å². The van der Waals surface area contributed by atoms with Crippen LogP contribution < -0.4 is 0 Å². The normalized spacial score (nSPS) is 9.60. The van der Waals surface area contributed by atoms with Gasteiger partial charge < -0.3 is 0 Å². The van der Waals surface area contributed by atoms with E-state index in [2.05, 4.69) is 6.07 Å². The number of nitriles is 1. The van der Waals surface area contributed by atoms with Crippen molar-refractivity contribution in [1.29, 1.82) is 5.26 Å². The molecule has 2 nitrogen and oxygen atoms in total. The lowest BCUT2D eigenvalue weighted by Crippen LogP contribution is -2.02. The van der Waals surface area contributed by atoms with Gasteiger partial charge in [0.05, 0.1) is 11.6 Å². The predicted octanol–water partition coefficient (Wildman–Crippen LogP) is 2.69. The molecule has 1 rings (SSSR count). The van der Waals surface area contributed by atoms with Crippen LogP contribution in [0, 0.1) is 11.3 Å². The van der Waals surface area contributed by atoms with Crippen molar-refractivity contribution in [2.45, 2.75) is 19.3 Å². The summed E-state index contributed by atoms with van der Waals surface area (Å²) in [6, 6.07) is 9.18. The lowest BCUT2D eigenvalue weighted by Gasteiger charge is -2.00. The quantitative estimate of drug-likeness (QED) is 0.718. The Balaban J connectivity index is 2.57. The second-order valence-corrected chi connectivity index (χ2v) is 3.70. The maximum absolute atomic E-state index is 11.4. The molecule has 0 fully saturated rings. The van der Waals surface area contributed by atoms with Crippen LogP contribution in [-0.4, -0.2) is 11.7 Å². The van der Waals surface area contributed by atoms with Crippen molar-refractivity contribution < 1.29 is 4.79 Å². The minimum absolute atomic E-state index is 0.172. The fraction of sp³-hybridized carbons (Fsp3) is 0.333. The topological polar surface area (TPSA) is 40.9 Å². The molecule has 0 aromatic heterocycles. The van der Waals surface area contributed by atoms with Gasteiger partial charge in [0.1, 0.15) is 5.78 Å². The van der Waals surface area contributed by atoms with Crippen molar-refractivity contribution in [3.63, 3.8) is 0 Å². The molecule has 1 aromatic rings. The smallest absolute Gasteiger partial charge is 0.137 e. The number of ketones is 1. The van der Waals surface area contributed by atoms with Crippen molar-refractivity contribution in [2.24, 2.45) is 0 Å². The van der Waals surface area contributed by atoms with E-state index in [4.69, 9.17) is 16.9 Å². The molecule has 0 aliphatic carbocycles.